The van der Waals surface area contributed by atoms with Crippen molar-refractivity contribution in [3.8, 4) is 5.75 Å². The number of carbonyl (C=O) groups excluding carboxylic acids is 2. The van der Waals surface area contributed by atoms with Crippen LogP contribution in [0.4, 0.5) is 5.69 Å². The van der Waals surface area contributed by atoms with Crippen molar-refractivity contribution in [3.05, 3.63) is 46.8 Å². The van der Waals surface area contributed by atoms with Gasteiger partial charge in [-0.2, -0.15) is 0 Å². The molecule has 2 aliphatic rings. The van der Waals surface area contributed by atoms with Crippen molar-refractivity contribution < 1.29 is 18.8 Å². The molecule has 8 nitrogen and oxygen atoms in total. The lowest BCUT2D eigenvalue weighted by Crippen LogP contribution is -2.28. The number of aryl methyl sites for hydroxylation is 2. The zero-order valence-electron chi connectivity index (χ0n) is 16.7. The molecule has 1 aromatic carbocycles. The summed E-state index contributed by atoms with van der Waals surface area (Å²) in [5.41, 5.74) is 4.41. The van der Waals surface area contributed by atoms with E-state index >= 15 is 0 Å². The molecule has 1 aliphatic heterocycles. The summed E-state index contributed by atoms with van der Waals surface area (Å²) in [7, 11) is 0. The number of nitrogens with one attached hydrogen (secondary N) is 2. The minimum atomic E-state index is -0.188. The van der Waals surface area contributed by atoms with Crippen molar-refractivity contribution >= 4 is 28.6 Å². The number of amides is 2. The number of aromatic nitrogens is 2. The van der Waals surface area contributed by atoms with E-state index in [0.717, 1.165) is 35.5 Å². The van der Waals surface area contributed by atoms with Crippen LogP contribution in [0.1, 0.15) is 52.5 Å². The number of pyridine rings is 1. The summed E-state index contributed by atoms with van der Waals surface area (Å²) < 4.78 is 11.1. The third-order valence-electron chi connectivity index (χ3n) is 5.51. The van der Waals surface area contributed by atoms with Gasteiger partial charge in [0.05, 0.1) is 23.2 Å². The number of fused-ring (bicyclic) bond motifs is 2. The van der Waals surface area contributed by atoms with Crippen LogP contribution < -0.4 is 15.4 Å². The number of ether oxygens (including phenoxy) is 1. The molecule has 30 heavy (non-hydrogen) atoms. The fraction of sp³-hybridized carbons (Fsp3) is 0.364. The average Bonchev–Trinajstić information content (AvgIpc) is 3.54. The Morgan fingerprint density at radius 3 is 3.00 bits per heavy atom. The number of hydrogen-bond donors (Lipinski definition) is 2. The smallest absolute Gasteiger partial charge is 0.259 e. The van der Waals surface area contributed by atoms with E-state index in [4.69, 9.17) is 9.26 Å². The average molecular weight is 406 g/mol. The fourth-order valence-corrected chi connectivity index (χ4v) is 3.76. The molecule has 1 fully saturated rings. The Labute approximate surface area is 173 Å². The molecule has 8 heteroatoms. The summed E-state index contributed by atoms with van der Waals surface area (Å²) in [5, 5.41) is 10.4. The van der Waals surface area contributed by atoms with Crippen LogP contribution in [0.15, 0.2) is 28.8 Å². The number of carbonyl (C=O) groups is 2. The number of hydrogen-bond acceptors (Lipinski definition) is 6. The number of rotatable bonds is 6. The first-order chi connectivity index (χ1) is 14.6. The van der Waals surface area contributed by atoms with Crippen LogP contribution in [0.3, 0.4) is 0 Å². The highest BCUT2D eigenvalue weighted by molar-refractivity contribution is 6.06. The van der Waals surface area contributed by atoms with E-state index in [0.29, 0.717) is 54.3 Å². The van der Waals surface area contributed by atoms with Crippen LogP contribution in [0.2, 0.25) is 0 Å². The first-order valence-corrected chi connectivity index (χ1v) is 10.2. The topological polar surface area (TPSA) is 106 Å². The highest BCUT2D eigenvalue weighted by atomic mass is 16.5. The van der Waals surface area contributed by atoms with E-state index in [9.17, 15) is 9.59 Å². The third kappa shape index (κ3) is 3.60. The second kappa shape index (κ2) is 7.44. The first kappa shape index (κ1) is 18.6. The van der Waals surface area contributed by atoms with Crippen molar-refractivity contribution in [1.29, 1.82) is 0 Å². The standard InChI is InChI=1S/C22H22N4O4/c1-12-20-16(11-18(13-2-3-13)25-22(20)30-26-12)21(28)23-8-9-29-15-5-6-17-14(10-15)4-7-19(27)24-17/h5-6,10-11,13H,2-4,7-9H2,1H3,(H,23,28)(H,24,27). The molecule has 0 spiro atoms. The lowest BCUT2D eigenvalue weighted by Gasteiger charge is -2.17. The van der Waals surface area contributed by atoms with E-state index in [1.807, 2.05) is 31.2 Å². The monoisotopic (exact) mass is 406 g/mol. The minimum absolute atomic E-state index is 0.0389. The summed E-state index contributed by atoms with van der Waals surface area (Å²) in [6.07, 6.45) is 3.36. The molecule has 2 N–H and O–H groups in total. The summed E-state index contributed by atoms with van der Waals surface area (Å²) >= 11 is 0. The van der Waals surface area contributed by atoms with Crippen LogP contribution in [-0.4, -0.2) is 35.1 Å². The van der Waals surface area contributed by atoms with Crippen LogP contribution in [0, 0.1) is 6.92 Å². The van der Waals surface area contributed by atoms with Gasteiger partial charge in [0.15, 0.2) is 0 Å². The molecule has 1 aliphatic carbocycles. The van der Waals surface area contributed by atoms with Gasteiger partial charge in [0.25, 0.3) is 11.6 Å². The third-order valence-corrected chi connectivity index (χ3v) is 5.51. The lowest BCUT2D eigenvalue weighted by atomic mass is 10.0. The van der Waals surface area contributed by atoms with Gasteiger partial charge >= 0.3 is 0 Å². The van der Waals surface area contributed by atoms with Crippen molar-refractivity contribution in [2.24, 2.45) is 0 Å². The Kier molecular flexibility index (Phi) is 4.61. The number of nitrogens with zero attached hydrogens (tertiary/aromatic N) is 2. The highest BCUT2D eigenvalue weighted by Crippen LogP contribution is 2.40. The quantitative estimate of drug-likeness (QED) is 0.609. The Hall–Kier alpha value is -3.42. The van der Waals surface area contributed by atoms with Crippen molar-refractivity contribution in [2.75, 3.05) is 18.5 Å². The molecule has 2 amide bonds. The van der Waals surface area contributed by atoms with E-state index in [2.05, 4.69) is 20.8 Å². The molecular weight excluding hydrogens is 384 g/mol. The van der Waals surface area contributed by atoms with Gasteiger partial charge in [-0.1, -0.05) is 5.16 Å². The Morgan fingerprint density at radius 1 is 1.30 bits per heavy atom. The van der Waals surface area contributed by atoms with Gasteiger partial charge in [-0.25, -0.2) is 4.98 Å². The molecule has 0 unspecified atom stereocenters. The Bertz CT molecular complexity index is 1150. The number of anilines is 1. The molecule has 5 rings (SSSR count). The SMILES string of the molecule is Cc1noc2nc(C3CC3)cc(C(=O)NCCOc3ccc4c(c3)CCC(=O)N4)c12. The second-order valence-corrected chi connectivity index (χ2v) is 7.79. The molecule has 3 aromatic rings. The van der Waals surface area contributed by atoms with Crippen molar-refractivity contribution in [3.63, 3.8) is 0 Å². The second-order valence-electron chi connectivity index (χ2n) is 7.79. The van der Waals surface area contributed by atoms with Gasteiger partial charge in [-0.15, -0.1) is 0 Å². The maximum atomic E-state index is 12.8. The first-order valence-electron chi connectivity index (χ1n) is 10.2. The predicted molar refractivity (Wildman–Crippen MR) is 110 cm³/mol. The van der Waals surface area contributed by atoms with Gasteiger partial charge in [-0.3, -0.25) is 9.59 Å². The Balaban J connectivity index is 1.23. The largest absolute Gasteiger partial charge is 0.492 e. The molecule has 0 saturated heterocycles. The molecule has 1 saturated carbocycles. The molecule has 0 atom stereocenters. The van der Waals surface area contributed by atoms with E-state index in [1.54, 1.807) is 0 Å². The van der Waals surface area contributed by atoms with Crippen LogP contribution in [0.5, 0.6) is 5.75 Å². The number of benzene rings is 1. The fourth-order valence-electron chi connectivity index (χ4n) is 3.76. The molecule has 2 aromatic heterocycles. The van der Waals surface area contributed by atoms with E-state index in [-0.39, 0.29) is 11.8 Å². The van der Waals surface area contributed by atoms with Gasteiger partial charge in [0, 0.05) is 23.7 Å². The normalized spacial score (nSPS) is 15.6. The van der Waals surface area contributed by atoms with Crippen molar-refractivity contribution in [1.82, 2.24) is 15.5 Å². The molecule has 0 radical (unpaired) electrons. The van der Waals surface area contributed by atoms with Gasteiger partial charge < -0.3 is 19.9 Å². The van der Waals surface area contributed by atoms with Crippen LogP contribution in [-0.2, 0) is 11.2 Å². The summed E-state index contributed by atoms with van der Waals surface area (Å²) in [6.45, 7) is 2.51. The van der Waals surface area contributed by atoms with Crippen LogP contribution >= 0.6 is 0 Å². The molecule has 154 valence electrons. The summed E-state index contributed by atoms with van der Waals surface area (Å²) in [4.78, 5) is 28.8. The van der Waals surface area contributed by atoms with Gasteiger partial charge in [-0.05, 0) is 56.0 Å². The Morgan fingerprint density at radius 2 is 2.17 bits per heavy atom. The summed E-state index contributed by atoms with van der Waals surface area (Å²) in [6, 6.07) is 7.47. The van der Waals surface area contributed by atoms with Gasteiger partial charge in [0.1, 0.15) is 12.4 Å². The van der Waals surface area contributed by atoms with Crippen LogP contribution in [0.25, 0.3) is 11.1 Å². The maximum absolute atomic E-state index is 12.8. The summed E-state index contributed by atoms with van der Waals surface area (Å²) in [5.74, 6) is 0.976. The zero-order chi connectivity index (χ0) is 20.7. The predicted octanol–water partition coefficient (Wildman–Crippen LogP) is 3.10. The van der Waals surface area contributed by atoms with E-state index < -0.39 is 0 Å². The minimum Gasteiger partial charge on any atom is -0.492 e. The zero-order valence-corrected chi connectivity index (χ0v) is 16.7. The van der Waals surface area contributed by atoms with E-state index in [1.165, 1.54) is 0 Å². The maximum Gasteiger partial charge on any atom is 0.259 e. The molecular formula is C22H22N4O4. The van der Waals surface area contributed by atoms with Gasteiger partial charge in [0.2, 0.25) is 5.91 Å². The molecule has 0 bridgehead atoms. The highest BCUT2D eigenvalue weighted by Gasteiger charge is 2.28. The lowest BCUT2D eigenvalue weighted by molar-refractivity contribution is -0.116. The molecule has 3 heterocycles. The van der Waals surface area contributed by atoms with Crippen molar-refractivity contribution in [2.45, 2.75) is 38.5 Å².